The fourth-order valence-corrected chi connectivity index (χ4v) is 1.69. The summed E-state index contributed by atoms with van der Waals surface area (Å²) < 4.78 is 0. The number of aryl methyl sites for hydroxylation is 2. The van der Waals surface area contributed by atoms with Crippen LogP contribution in [0.25, 0.3) is 0 Å². The monoisotopic (exact) mass is 272 g/mol. The van der Waals surface area contributed by atoms with Gasteiger partial charge in [-0.1, -0.05) is 18.2 Å². The number of halogens is 1. The molecule has 0 aliphatic heterocycles. The minimum Gasteiger partial charge on any atom is -0.395 e. The van der Waals surface area contributed by atoms with Gasteiger partial charge in [-0.15, -0.1) is 12.4 Å². The van der Waals surface area contributed by atoms with Gasteiger partial charge in [-0.3, -0.25) is 9.69 Å². The Morgan fingerprint density at radius 1 is 1.33 bits per heavy atom. The van der Waals surface area contributed by atoms with Gasteiger partial charge in [-0.2, -0.15) is 0 Å². The summed E-state index contributed by atoms with van der Waals surface area (Å²) in [5.74, 6) is -0.0571. The Morgan fingerprint density at radius 3 is 2.39 bits per heavy atom. The summed E-state index contributed by atoms with van der Waals surface area (Å²) in [5, 5.41) is 11.7. The number of nitrogens with zero attached hydrogens (tertiary/aromatic N) is 1. The number of hydrogen-bond donors (Lipinski definition) is 2. The first kappa shape index (κ1) is 16.9. The van der Waals surface area contributed by atoms with Crippen LogP contribution in [0, 0.1) is 13.8 Å². The van der Waals surface area contributed by atoms with Crippen LogP contribution in [-0.2, 0) is 4.79 Å². The third-order valence-electron chi connectivity index (χ3n) is 2.64. The molecule has 4 nitrogen and oxygen atoms in total. The fourth-order valence-electron chi connectivity index (χ4n) is 1.69. The SMILES string of the molecule is Cc1cccc(C)c1NC(=O)CN(C)CCO.Cl. The molecule has 0 heterocycles. The largest absolute Gasteiger partial charge is 0.395 e. The summed E-state index contributed by atoms with van der Waals surface area (Å²) in [6.07, 6.45) is 0. The lowest BCUT2D eigenvalue weighted by atomic mass is 10.1. The molecule has 1 amide bonds. The first-order chi connectivity index (χ1) is 8.04. The first-order valence-corrected chi connectivity index (χ1v) is 5.70. The highest BCUT2D eigenvalue weighted by Gasteiger charge is 2.09. The summed E-state index contributed by atoms with van der Waals surface area (Å²) in [5.41, 5.74) is 3.00. The van der Waals surface area contributed by atoms with Crippen molar-refractivity contribution in [3.8, 4) is 0 Å². The molecule has 0 bridgehead atoms. The molecule has 0 saturated carbocycles. The summed E-state index contributed by atoms with van der Waals surface area (Å²) in [6.45, 7) is 4.79. The number of benzene rings is 1. The molecule has 0 saturated heterocycles. The zero-order valence-corrected chi connectivity index (χ0v) is 11.9. The summed E-state index contributed by atoms with van der Waals surface area (Å²) in [4.78, 5) is 13.5. The van der Waals surface area contributed by atoms with Crippen molar-refractivity contribution < 1.29 is 9.90 Å². The Kier molecular flexibility index (Phi) is 7.59. The second kappa shape index (κ2) is 8.08. The van der Waals surface area contributed by atoms with Crippen LogP contribution in [0.5, 0.6) is 0 Å². The van der Waals surface area contributed by atoms with Crippen molar-refractivity contribution in [3.63, 3.8) is 0 Å². The highest BCUT2D eigenvalue weighted by molar-refractivity contribution is 5.93. The molecule has 5 heteroatoms. The lowest BCUT2D eigenvalue weighted by Crippen LogP contribution is -2.32. The van der Waals surface area contributed by atoms with Gasteiger partial charge in [0.2, 0.25) is 5.91 Å². The number of para-hydroxylation sites is 1. The lowest BCUT2D eigenvalue weighted by Gasteiger charge is -2.16. The molecule has 1 aromatic rings. The van der Waals surface area contributed by atoms with E-state index in [1.165, 1.54) is 0 Å². The topological polar surface area (TPSA) is 52.6 Å². The normalized spacial score (nSPS) is 10.1. The number of carbonyl (C=O) groups is 1. The first-order valence-electron chi connectivity index (χ1n) is 5.70. The van der Waals surface area contributed by atoms with Crippen LogP contribution in [-0.4, -0.2) is 42.7 Å². The van der Waals surface area contributed by atoms with Crippen molar-refractivity contribution in [2.24, 2.45) is 0 Å². The van der Waals surface area contributed by atoms with Crippen molar-refractivity contribution in [2.75, 3.05) is 32.1 Å². The van der Waals surface area contributed by atoms with E-state index in [0.29, 0.717) is 6.54 Å². The highest BCUT2D eigenvalue weighted by atomic mass is 35.5. The van der Waals surface area contributed by atoms with Crippen molar-refractivity contribution in [1.82, 2.24) is 4.90 Å². The summed E-state index contributed by atoms with van der Waals surface area (Å²) >= 11 is 0. The van der Waals surface area contributed by atoms with Gasteiger partial charge < -0.3 is 10.4 Å². The Labute approximate surface area is 114 Å². The second-order valence-corrected chi connectivity index (χ2v) is 4.28. The van der Waals surface area contributed by atoms with Crippen molar-refractivity contribution in [1.29, 1.82) is 0 Å². The van der Waals surface area contributed by atoms with E-state index in [2.05, 4.69) is 5.32 Å². The van der Waals surface area contributed by atoms with E-state index < -0.39 is 0 Å². The molecular weight excluding hydrogens is 252 g/mol. The van der Waals surface area contributed by atoms with E-state index in [0.717, 1.165) is 16.8 Å². The molecule has 0 atom stereocenters. The summed E-state index contributed by atoms with van der Waals surface area (Å²) in [7, 11) is 1.81. The van der Waals surface area contributed by atoms with Crippen molar-refractivity contribution in [3.05, 3.63) is 29.3 Å². The van der Waals surface area contributed by atoms with E-state index in [9.17, 15) is 4.79 Å². The molecule has 1 aromatic carbocycles. The zero-order chi connectivity index (χ0) is 12.8. The van der Waals surface area contributed by atoms with Crippen LogP contribution in [0.4, 0.5) is 5.69 Å². The van der Waals surface area contributed by atoms with Gasteiger partial charge in [0, 0.05) is 12.2 Å². The predicted octanol–water partition coefficient (Wildman–Crippen LogP) is 1.59. The van der Waals surface area contributed by atoms with E-state index >= 15 is 0 Å². The molecule has 18 heavy (non-hydrogen) atoms. The zero-order valence-electron chi connectivity index (χ0n) is 11.1. The Hall–Kier alpha value is -1.10. The maximum atomic E-state index is 11.8. The summed E-state index contributed by atoms with van der Waals surface area (Å²) in [6, 6.07) is 5.91. The standard InChI is InChI=1S/C13H20N2O2.ClH/c1-10-5-4-6-11(2)13(10)14-12(17)9-15(3)7-8-16;/h4-6,16H,7-9H2,1-3H3,(H,14,17);1H. The Morgan fingerprint density at radius 2 is 1.89 bits per heavy atom. The molecule has 0 aliphatic carbocycles. The second-order valence-electron chi connectivity index (χ2n) is 4.28. The number of aliphatic hydroxyl groups is 1. The maximum absolute atomic E-state index is 11.8. The van der Waals surface area contributed by atoms with Crippen LogP contribution in [0.1, 0.15) is 11.1 Å². The van der Waals surface area contributed by atoms with Gasteiger partial charge in [-0.05, 0) is 32.0 Å². The molecule has 1 rings (SSSR count). The van der Waals surface area contributed by atoms with E-state index in [-0.39, 0.29) is 31.5 Å². The number of rotatable bonds is 5. The average Bonchev–Trinajstić information content (AvgIpc) is 2.24. The van der Waals surface area contributed by atoms with Gasteiger partial charge in [0.1, 0.15) is 0 Å². The van der Waals surface area contributed by atoms with Crippen LogP contribution in [0.3, 0.4) is 0 Å². The van der Waals surface area contributed by atoms with Crippen molar-refractivity contribution >= 4 is 24.0 Å². The maximum Gasteiger partial charge on any atom is 0.238 e. The van der Waals surface area contributed by atoms with Crippen LogP contribution in [0.2, 0.25) is 0 Å². The van der Waals surface area contributed by atoms with Gasteiger partial charge >= 0.3 is 0 Å². The highest BCUT2D eigenvalue weighted by Crippen LogP contribution is 2.19. The Balaban J connectivity index is 0.00000289. The van der Waals surface area contributed by atoms with Gasteiger partial charge in [-0.25, -0.2) is 0 Å². The predicted molar refractivity (Wildman–Crippen MR) is 76.4 cm³/mol. The number of amides is 1. The van der Waals surface area contributed by atoms with E-state index in [1.807, 2.05) is 32.0 Å². The van der Waals surface area contributed by atoms with E-state index in [1.54, 1.807) is 11.9 Å². The van der Waals surface area contributed by atoms with Crippen LogP contribution in [0.15, 0.2) is 18.2 Å². The molecule has 0 aliphatic rings. The smallest absolute Gasteiger partial charge is 0.238 e. The number of carbonyl (C=O) groups excluding carboxylic acids is 1. The lowest BCUT2D eigenvalue weighted by molar-refractivity contribution is -0.117. The molecule has 0 spiro atoms. The number of nitrogens with one attached hydrogen (secondary N) is 1. The number of anilines is 1. The van der Waals surface area contributed by atoms with Gasteiger partial charge in [0.05, 0.1) is 13.2 Å². The molecule has 0 radical (unpaired) electrons. The quantitative estimate of drug-likeness (QED) is 0.856. The minimum atomic E-state index is -0.0571. The molecule has 0 aromatic heterocycles. The van der Waals surface area contributed by atoms with Gasteiger partial charge in [0.15, 0.2) is 0 Å². The molecule has 102 valence electrons. The molecular formula is C13H21ClN2O2. The van der Waals surface area contributed by atoms with Crippen LogP contribution < -0.4 is 5.32 Å². The minimum absolute atomic E-state index is 0. The van der Waals surface area contributed by atoms with E-state index in [4.69, 9.17) is 5.11 Å². The third kappa shape index (κ3) is 5.04. The Bertz CT molecular complexity index is 376. The number of aliphatic hydroxyl groups excluding tert-OH is 1. The third-order valence-corrected chi connectivity index (χ3v) is 2.64. The molecule has 0 fully saturated rings. The van der Waals surface area contributed by atoms with Gasteiger partial charge in [0.25, 0.3) is 0 Å². The number of hydrogen-bond acceptors (Lipinski definition) is 3. The van der Waals surface area contributed by atoms with Crippen molar-refractivity contribution in [2.45, 2.75) is 13.8 Å². The molecule has 2 N–H and O–H groups in total. The molecule has 0 unspecified atom stereocenters. The fraction of sp³-hybridized carbons (Fsp3) is 0.462. The number of likely N-dealkylation sites (N-methyl/N-ethyl adjacent to an activating group) is 1. The average molecular weight is 273 g/mol. The van der Waals surface area contributed by atoms with Crippen LogP contribution >= 0.6 is 12.4 Å².